The third-order valence-electron chi connectivity index (χ3n) is 4.51. The van der Waals surface area contributed by atoms with Gasteiger partial charge in [0.2, 0.25) is 5.60 Å². The molecular weight excluding hydrogens is 391 g/mol. The number of carbonyl (C=O) groups excluding carboxylic acids is 2. The minimum absolute atomic E-state index is 0.0386. The van der Waals surface area contributed by atoms with Gasteiger partial charge in [-0.2, -0.15) is 0 Å². The van der Waals surface area contributed by atoms with E-state index >= 15 is 0 Å². The van der Waals surface area contributed by atoms with E-state index < -0.39 is 17.5 Å². The van der Waals surface area contributed by atoms with Crippen molar-refractivity contribution in [3.63, 3.8) is 0 Å². The van der Waals surface area contributed by atoms with Crippen LogP contribution in [-0.4, -0.2) is 36.4 Å². The van der Waals surface area contributed by atoms with Crippen molar-refractivity contribution in [2.45, 2.75) is 70.7 Å². The minimum Gasteiger partial charge on any atom is -0.463 e. The standard InChI is InChI=1S/C20H26Cl2O5/c1-4-25-19(24)20(9-7-16(8-10-20)26-13(2)3)27-18(23)11-14-5-6-15(21)12-17(14)22/h5-6,12-13,16H,4,7-11H2,1-3H3. The van der Waals surface area contributed by atoms with Crippen LogP contribution in [-0.2, 0) is 30.2 Å². The highest BCUT2D eigenvalue weighted by molar-refractivity contribution is 6.35. The number of carbonyl (C=O) groups is 2. The minimum atomic E-state index is -1.26. The Hall–Kier alpha value is -1.30. The van der Waals surface area contributed by atoms with Gasteiger partial charge >= 0.3 is 11.9 Å². The summed E-state index contributed by atoms with van der Waals surface area (Å²) in [6.07, 6.45) is 2.14. The highest BCUT2D eigenvalue weighted by Crippen LogP contribution is 2.35. The number of halogens is 2. The van der Waals surface area contributed by atoms with E-state index in [4.69, 9.17) is 37.4 Å². The topological polar surface area (TPSA) is 61.8 Å². The summed E-state index contributed by atoms with van der Waals surface area (Å²) < 4.78 is 16.7. The van der Waals surface area contributed by atoms with Crippen molar-refractivity contribution < 1.29 is 23.8 Å². The van der Waals surface area contributed by atoms with Crippen LogP contribution >= 0.6 is 23.2 Å². The summed E-state index contributed by atoms with van der Waals surface area (Å²) in [5.74, 6) is -1.01. The average Bonchev–Trinajstić information content (AvgIpc) is 2.59. The van der Waals surface area contributed by atoms with E-state index in [1.807, 2.05) is 13.8 Å². The zero-order valence-electron chi connectivity index (χ0n) is 15.9. The van der Waals surface area contributed by atoms with Crippen LogP contribution in [0.15, 0.2) is 18.2 Å². The highest BCUT2D eigenvalue weighted by atomic mass is 35.5. The van der Waals surface area contributed by atoms with E-state index in [0.29, 0.717) is 41.3 Å². The molecule has 1 aliphatic rings. The Balaban J connectivity index is 2.08. The van der Waals surface area contributed by atoms with E-state index in [-0.39, 0.29) is 25.2 Å². The van der Waals surface area contributed by atoms with Crippen LogP contribution in [0.2, 0.25) is 10.0 Å². The molecule has 1 aromatic carbocycles. The molecule has 0 aliphatic heterocycles. The smallest absolute Gasteiger partial charge is 0.350 e. The van der Waals surface area contributed by atoms with Crippen LogP contribution in [0.5, 0.6) is 0 Å². The van der Waals surface area contributed by atoms with Crippen LogP contribution in [0.1, 0.15) is 52.0 Å². The van der Waals surface area contributed by atoms with Gasteiger partial charge in [0.1, 0.15) is 0 Å². The zero-order valence-corrected chi connectivity index (χ0v) is 17.4. The van der Waals surface area contributed by atoms with Crippen LogP contribution in [0, 0.1) is 0 Å². The Morgan fingerprint density at radius 1 is 1.22 bits per heavy atom. The fourth-order valence-electron chi connectivity index (χ4n) is 3.26. The third kappa shape index (κ3) is 6.09. The summed E-state index contributed by atoms with van der Waals surface area (Å²) >= 11 is 12.0. The normalized spacial score (nSPS) is 22.5. The molecule has 1 fully saturated rings. The second kappa shape index (κ2) is 9.76. The highest BCUT2D eigenvalue weighted by Gasteiger charge is 2.47. The lowest BCUT2D eigenvalue weighted by Crippen LogP contribution is -2.49. The first-order valence-electron chi connectivity index (χ1n) is 9.24. The monoisotopic (exact) mass is 416 g/mol. The van der Waals surface area contributed by atoms with Crippen molar-refractivity contribution in [3.8, 4) is 0 Å². The van der Waals surface area contributed by atoms with Gasteiger partial charge in [-0.3, -0.25) is 4.79 Å². The van der Waals surface area contributed by atoms with E-state index in [9.17, 15) is 9.59 Å². The summed E-state index contributed by atoms with van der Waals surface area (Å²) in [5.41, 5.74) is -0.662. The zero-order chi connectivity index (χ0) is 20.0. The Morgan fingerprint density at radius 3 is 2.44 bits per heavy atom. The Labute approximate surface area is 170 Å². The van der Waals surface area contributed by atoms with Crippen molar-refractivity contribution in [3.05, 3.63) is 33.8 Å². The van der Waals surface area contributed by atoms with E-state index in [2.05, 4.69) is 0 Å². The lowest BCUT2D eigenvalue weighted by atomic mass is 9.82. The molecule has 0 bridgehead atoms. The second-order valence-electron chi connectivity index (χ2n) is 6.99. The van der Waals surface area contributed by atoms with Crippen LogP contribution in [0.25, 0.3) is 0 Å². The molecule has 27 heavy (non-hydrogen) atoms. The fourth-order valence-corrected chi connectivity index (χ4v) is 3.74. The molecule has 1 aromatic rings. The van der Waals surface area contributed by atoms with Crippen molar-refractivity contribution >= 4 is 35.1 Å². The molecule has 1 aliphatic carbocycles. The van der Waals surface area contributed by atoms with Gasteiger partial charge in [0.15, 0.2) is 0 Å². The SMILES string of the molecule is CCOC(=O)C1(OC(=O)Cc2ccc(Cl)cc2Cl)CCC(OC(C)C)CC1. The van der Waals surface area contributed by atoms with Gasteiger partial charge in [0.25, 0.3) is 0 Å². The lowest BCUT2D eigenvalue weighted by Gasteiger charge is -2.37. The van der Waals surface area contributed by atoms with Gasteiger partial charge < -0.3 is 14.2 Å². The summed E-state index contributed by atoms with van der Waals surface area (Å²) in [7, 11) is 0. The predicted octanol–water partition coefficient (Wildman–Crippen LogP) is 4.75. The molecule has 0 unspecified atom stereocenters. The first kappa shape index (κ1) is 22.0. The van der Waals surface area contributed by atoms with Crippen molar-refractivity contribution in [1.82, 2.24) is 0 Å². The molecule has 0 N–H and O–H groups in total. The molecule has 150 valence electrons. The number of benzene rings is 1. The van der Waals surface area contributed by atoms with E-state index in [1.54, 1.807) is 25.1 Å². The second-order valence-corrected chi connectivity index (χ2v) is 7.83. The number of hydrogen-bond acceptors (Lipinski definition) is 5. The number of rotatable bonds is 7. The molecule has 0 radical (unpaired) electrons. The Kier molecular flexibility index (Phi) is 7.95. The van der Waals surface area contributed by atoms with Crippen molar-refractivity contribution in [1.29, 1.82) is 0 Å². The molecule has 0 saturated heterocycles. The summed E-state index contributed by atoms with van der Waals surface area (Å²) in [5, 5.41) is 0.877. The molecule has 0 atom stereocenters. The fraction of sp³-hybridized carbons (Fsp3) is 0.600. The van der Waals surface area contributed by atoms with Gasteiger partial charge in [-0.15, -0.1) is 0 Å². The Bertz CT molecular complexity index is 666. The van der Waals surface area contributed by atoms with Gasteiger partial charge in [-0.25, -0.2) is 4.79 Å². The van der Waals surface area contributed by atoms with Gasteiger partial charge in [-0.05, 0) is 51.3 Å². The molecular formula is C20H26Cl2O5. The molecule has 5 nitrogen and oxygen atoms in total. The maximum absolute atomic E-state index is 12.6. The molecule has 0 aromatic heterocycles. The van der Waals surface area contributed by atoms with Crippen LogP contribution < -0.4 is 0 Å². The summed E-state index contributed by atoms with van der Waals surface area (Å²) in [4.78, 5) is 25.1. The molecule has 7 heteroatoms. The quantitative estimate of drug-likeness (QED) is 0.600. The molecule has 0 amide bonds. The van der Waals surface area contributed by atoms with Gasteiger partial charge in [-0.1, -0.05) is 29.3 Å². The van der Waals surface area contributed by atoms with Crippen LogP contribution in [0.3, 0.4) is 0 Å². The third-order valence-corrected chi connectivity index (χ3v) is 5.10. The number of esters is 2. The first-order chi connectivity index (χ1) is 12.8. The molecule has 0 heterocycles. The molecule has 0 spiro atoms. The lowest BCUT2D eigenvalue weighted by molar-refractivity contribution is -0.190. The maximum atomic E-state index is 12.6. The maximum Gasteiger partial charge on any atom is 0.350 e. The molecule has 1 saturated carbocycles. The van der Waals surface area contributed by atoms with E-state index in [1.165, 1.54) is 0 Å². The average molecular weight is 417 g/mol. The van der Waals surface area contributed by atoms with E-state index in [0.717, 1.165) is 0 Å². The Morgan fingerprint density at radius 2 is 1.89 bits per heavy atom. The number of hydrogen-bond donors (Lipinski definition) is 0. The molecule has 2 rings (SSSR count). The first-order valence-corrected chi connectivity index (χ1v) is 10.00. The van der Waals surface area contributed by atoms with Gasteiger partial charge in [0.05, 0.1) is 25.2 Å². The largest absolute Gasteiger partial charge is 0.463 e. The number of ether oxygens (including phenoxy) is 3. The van der Waals surface area contributed by atoms with Crippen LogP contribution in [0.4, 0.5) is 0 Å². The van der Waals surface area contributed by atoms with Gasteiger partial charge in [0, 0.05) is 22.9 Å². The summed E-state index contributed by atoms with van der Waals surface area (Å²) in [6.45, 7) is 5.91. The summed E-state index contributed by atoms with van der Waals surface area (Å²) in [6, 6.07) is 4.91. The predicted molar refractivity (Wildman–Crippen MR) is 104 cm³/mol. The van der Waals surface area contributed by atoms with Crippen molar-refractivity contribution in [2.75, 3.05) is 6.61 Å². The van der Waals surface area contributed by atoms with Crippen molar-refractivity contribution in [2.24, 2.45) is 0 Å².